The first kappa shape index (κ1) is 17.5. The number of aromatic nitrogens is 4. The first-order chi connectivity index (χ1) is 12.5. The highest BCUT2D eigenvalue weighted by Crippen LogP contribution is 2.19. The van der Waals surface area contributed by atoms with Gasteiger partial charge in [0, 0.05) is 11.8 Å². The van der Waals surface area contributed by atoms with Crippen molar-refractivity contribution in [1.82, 2.24) is 25.1 Å². The highest BCUT2D eigenvalue weighted by atomic mass is 19.3. The average molecular weight is 359 g/mol. The zero-order valence-corrected chi connectivity index (χ0v) is 13.7. The Kier molecular flexibility index (Phi) is 5.16. The third kappa shape index (κ3) is 4.18. The second kappa shape index (κ2) is 7.68. The number of carbonyl (C=O) groups is 1. The van der Waals surface area contributed by atoms with Crippen LogP contribution in [-0.2, 0) is 0 Å². The van der Waals surface area contributed by atoms with Gasteiger partial charge in [-0.05, 0) is 36.8 Å². The molecule has 1 atom stereocenters. The Bertz CT molecular complexity index is 869. The van der Waals surface area contributed by atoms with Gasteiger partial charge in [0.25, 0.3) is 5.91 Å². The van der Waals surface area contributed by atoms with Crippen molar-refractivity contribution in [2.45, 2.75) is 19.6 Å². The highest BCUT2D eigenvalue weighted by molar-refractivity contribution is 5.94. The molecule has 2 aromatic heterocycles. The number of carbonyl (C=O) groups excluding carboxylic acids is 1. The largest absolute Gasteiger partial charge is 0.435 e. The number of hydrogen-bond donors (Lipinski definition) is 1. The van der Waals surface area contributed by atoms with Crippen molar-refractivity contribution in [2.24, 2.45) is 0 Å². The van der Waals surface area contributed by atoms with Gasteiger partial charge in [-0.25, -0.2) is 14.6 Å². The molecule has 0 spiro atoms. The van der Waals surface area contributed by atoms with Gasteiger partial charge < -0.3 is 10.1 Å². The summed E-state index contributed by atoms with van der Waals surface area (Å²) in [5.74, 6) is 0.236. The van der Waals surface area contributed by atoms with E-state index < -0.39 is 6.61 Å². The molecule has 1 aromatic carbocycles. The summed E-state index contributed by atoms with van der Waals surface area (Å²) in [7, 11) is 0. The van der Waals surface area contributed by atoms with Crippen molar-refractivity contribution in [3.05, 3.63) is 66.4 Å². The topological polar surface area (TPSA) is 81.9 Å². The molecule has 1 amide bonds. The average Bonchev–Trinajstić information content (AvgIpc) is 3.16. The molecular weight excluding hydrogens is 344 g/mol. The Labute approximate surface area is 147 Å². The first-order valence-electron chi connectivity index (χ1n) is 7.69. The minimum Gasteiger partial charge on any atom is -0.435 e. The molecule has 1 unspecified atom stereocenters. The van der Waals surface area contributed by atoms with E-state index in [1.807, 2.05) is 0 Å². The normalized spacial score (nSPS) is 12.0. The fraction of sp³-hybridized carbons (Fsp3) is 0.176. The molecule has 0 radical (unpaired) electrons. The van der Waals surface area contributed by atoms with E-state index in [4.69, 9.17) is 0 Å². The van der Waals surface area contributed by atoms with E-state index in [1.54, 1.807) is 31.2 Å². The maximum atomic E-state index is 12.5. The molecule has 0 aliphatic rings. The molecular formula is C17H15F2N5O2. The molecule has 134 valence electrons. The third-order valence-corrected chi connectivity index (χ3v) is 3.61. The smallest absolute Gasteiger partial charge is 0.387 e. The number of nitrogens with one attached hydrogen (secondary N) is 1. The summed E-state index contributed by atoms with van der Waals surface area (Å²) in [6.45, 7) is -1.08. The molecule has 7 nitrogen and oxygen atoms in total. The summed E-state index contributed by atoms with van der Waals surface area (Å²) in [5.41, 5.74) is 1.17. The van der Waals surface area contributed by atoms with Crippen LogP contribution >= 0.6 is 0 Å². The van der Waals surface area contributed by atoms with E-state index in [0.717, 1.165) is 5.56 Å². The Morgan fingerprint density at radius 3 is 2.65 bits per heavy atom. The lowest BCUT2D eigenvalue weighted by molar-refractivity contribution is -0.0498. The van der Waals surface area contributed by atoms with Gasteiger partial charge in [-0.15, -0.1) is 0 Å². The highest BCUT2D eigenvalue weighted by Gasteiger charge is 2.13. The molecule has 3 rings (SSSR count). The van der Waals surface area contributed by atoms with Gasteiger partial charge in [0.05, 0.1) is 6.04 Å². The predicted molar refractivity (Wildman–Crippen MR) is 88.1 cm³/mol. The molecule has 26 heavy (non-hydrogen) atoms. The number of rotatable bonds is 6. The summed E-state index contributed by atoms with van der Waals surface area (Å²) in [6.07, 6.45) is 4.36. The van der Waals surface area contributed by atoms with Crippen LogP contribution in [0.3, 0.4) is 0 Å². The van der Waals surface area contributed by atoms with E-state index in [0.29, 0.717) is 11.4 Å². The fourth-order valence-electron chi connectivity index (χ4n) is 2.31. The summed E-state index contributed by atoms with van der Waals surface area (Å²) in [5, 5.41) is 6.81. The second-order valence-corrected chi connectivity index (χ2v) is 5.39. The summed E-state index contributed by atoms with van der Waals surface area (Å²) >= 11 is 0. The van der Waals surface area contributed by atoms with Gasteiger partial charge in [-0.3, -0.25) is 4.79 Å². The van der Waals surface area contributed by atoms with Crippen LogP contribution in [0.15, 0.2) is 55.2 Å². The molecule has 0 aliphatic heterocycles. The number of amides is 1. The fourth-order valence-corrected chi connectivity index (χ4v) is 2.31. The van der Waals surface area contributed by atoms with Crippen molar-refractivity contribution >= 4 is 5.91 Å². The molecule has 0 aliphatic carbocycles. The SMILES string of the molecule is CC(NC(=O)c1ccnc(-n2cncn2)c1)c1ccc(OC(F)F)cc1. The maximum absolute atomic E-state index is 12.5. The Balaban J connectivity index is 1.68. The quantitative estimate of drug-likeness (QED) is 0.732. The minimum atomic E-state index is -2.87. The van der Waals surface area contributed by atoms with Crippen molar-refractivity contribution in [1.29, 1.82) is 0 Å². The Morgan fingerprint density at radius 1 is 1.23 bits per heavy atom. The van der Waals surface area contributed by atoms with Crippen LogP contribution in [0.1, 0.15) is 28.9 Å². The molecule has 9 heteroatoms. The summed E-state index contributed by atoms with van der Waals surface area (Å²) in [4.78, 5) is 20.4. The van der Waals surface area contributed by atoms with Crippen LogP contribution in [0.5, 0.6) is 5.75 Å². The summed E-state index contributed by atoms with van der Waals surface area (Å²) < 4.78 is 30.1. The molecule has 2 heterocycles. The Hall–Kier alpha value is -3.36. The number of benzene rings is 1. The van der Waals surface area contributed by atoms with Gasteiger partial charge in [0.1, 0.15) is 18.4 Å². The lowest BCUT2D eigenvalue weighted by atomic mass is 10.1. The Morgan fingerprint density at radius 2 is 2.00 bits per heavy atom. The van der Waals surface area contributed by atoms with Gasteiger partial charge in [-0.1, -0.05) is 12.1 Å². The number of hydrogen-bond acceptors (Lipinski definition) is 5. The van der Waals surface area contributed by atoms with Crippen LogP contribution < -0.4 is 10.1 Å². The first-order valence-corrected chi connectivity index (χ1v) is 7.69. The monoisotopic (exact) mass is 359 g/mol. The molecule has 0 saturated carbocycles. The van der Waals surface area contributed by atoms with E-state index >= 15 is 0 Å². The standard InChI is InChI=1S/C17H15F2N5O2/c1-11(12-2-4-14(5-3-12)26-17(18)19)23-16(25)13-6-7-21-15(8-13)24-10-20-9-22-24/h2-11,17H,1H3,(H,23,25). The van der Waals surface area contributed by atoms with E-state index in [1.165, 1.54) is 35.7 Å². The second-order valence-electron chi connectivity index (χ2n) is 5.39. The van der Waals surface area contributed by atoms with Crippen molar-refractivity contribution in [2.75, 3.05) is 0 Å². The number of ether oxygens (including phenoxy) is 1. The van der Waals surface area contributed by atoms with Gasteiger partial charge in [0.15, 0.2) is 5.82 Å². The van der Waals surface area contributed by atoms with Crippen LogP contribution in [0, 0.1) is 0 Å². The lowest BCUT2D eigenvalue weighted by Crippen LogP contribution is -2.26. The number of pyridine rings is 1. The maximum Gasteiger partial charge on any atom is 0.387 e. The van der Waals surface area contributed by atoms with Crippen LogP contribution in [0.25, 0.3) is 5.82 Å². The predicted octanol–water partition coefficient (Wildman–Crippen LogP) is 2.75. The number of alkyl halides is 2. The zero-order valence-electron chi connectivity index (χ0n) is 13.7. The molecule has 0 bridgehead atoms. The van der Waals surface area contributed by atoms with Crippen molar-refractivity contribution < 1.29 is 18.3 Å². The number of halogens is 2. The summed E-state index contributed by atoms with van der Waals surface area (Å²) in [6, 6.07) is 8.95. The molecule has 3 aromatic rings. The molecule has 1 N–H and O–H groups in total. The van der Waals surface area contributed by atoms with Gasteiger partial charge in [0.2, 0.25) is 0 Å². The van der Waals surface area contributed by atoms with Crippen molar-refractivity contribution in [3.8, 4) is 11.6 Å². The van der Waals surface area contributed by atoms with Crippen molar-refractivity contribution in [3.63, 3.8) is 0 Å². The van der Waals surface area contributed by atoms with Crippen LogP contribution in [-0.4, -0.2) is 32.3 Å². The third-order valence-electron chi connectivity index (χ3n) is 3.61. The van der Waals surface area contributed by atoms with Gasteiger partial charge in [-0.2, -0.15) is 13.9 Å². The molecule has 0 saturated heterocycles. The van der Waals surface area contributed by atoms with E-state index in [-0.39, 0.29) is 17.7 Å². The molecule has 0 fully saturated rings. The van der Waals surface area contributed by atoms with Crippen LogP contribution in [0.2, 0.25) is 0 Å². The number of nitrogens with zero attached hydrogens (tertiary/aromatic N) is 4. The van der Waals surface area contributed by atoms with E-state index in [2.05, 4.69) is 25.1 Å². The van der Waals surface area contributed by atoms with Gasteiger partial charge >= 0.3 is 6.61 Å². The van der Waals surface area contributed by atoms with E-state index in [9.17, 15) is 13.6 Å². The zero-order chi connectivity index (χ0) is 18.5. The lowest BCUT2D eigenvalue weighted by Gasteiger charge is -2.15. The van der Waals surface area contributed by atoms with Crippen LogP contribution in [0.4, 0.5) is 8.78 Å². The minimum absolute atomic E-state index is 0.0638.